The van der Waals surface area contributed by atoms with Gasteiger partial charge in [0.05, 0.1) is 5.54 Å². The number of rotatable bonds is 1. The summed E-state index contributed by atoms with van der Waals surface area (Å²) in [4.78, 5) is 0. The van der Waals surface area contributed by atoms with Crippen molar-refractivity contribution in [2.75, 3.05) is 7.05 Å². The maximum absolute atomic E-state index is 3.66. The van der Waals surface area contributed by atoms with Crippen LogP contribution >= 0.6 is 0 Å². The minimum atomic E-state index is 0.0337. The van der Waals surface area contributed by atoms with Gasteiger partial charge in [-0.25, -0.2) is 0 Å². The SMILES string of the molecule is CNC12CCC(c3ccccc31)c1cccc(C)c12. The van der Waals surface area contributed by atoms with Gasteiger partial charge in [-0.3, -0.25) is 0 Å². The first-order valence-electron chi connectivity index (χ1n) is 7.16. The van der Waals surface area contributed by atoms with Crippen LogP contribution < -0.4 is 5.32 Å². The van der Waals surface area contributed by atoms with E-state index in [2.05, 4.69) is 61.8 Å². The highest BCUT2D eigenvalue weighted by Gasteiger charge is 2.47. The molecule has 0 saturated heterocycles. The maximum Gasteiger partial charge on any atom is 0.0696 e. The van der Waals surface area contributed by atoms with Gasteiger partial charge in [-0.15, -0.1) is 0 Å². The van der Waals surface area contributed by atoms with Gasteiger partial charge in [-0.1, -0.05) is 42.5 Å². The van der Waals surface area contributed by atoms with Crippen LogP contribution in [-0.4, -0.2) is 7.05 Å². The molecule has 1 heteroatoms. The maximum atomic E-state index is 3.66. The summed E-state index contributed by atoms with van der Waals surface area (Å²) >= 11 is 0. The Kier molecular flexibility index (Phi) is 2.19. The summed E-state index contributed by atoms with van der Waals surface area (Å²) in [6, 6.07) is 15.8. The molecule has 0 saturated carbocycles. The first-order valence-corrected chi connectivity index (χ1v) is 7.16. The third-order valence-electron chi connectivity index (χ3n) is 5.14. The Labute approximate surface area is 114 Å². The molecule has 0 amide bonds. The largest absolute Gasteiger partial charge is 0.307 e. The Morgan fingerprint density at radius 2 is 1.84 bits per heavy atom. The quantitative estimate of drug-likeness (QED) is 0.812. The van der Waals surface area contributed by atoms with Crippen LogP contribution in [0.15, 0.2) is 42.5 Å². The summed E-state index contributed by atoms with van der Waals surface area (Å²) < 4.78 is 0. The fourth-order valence-corrected chi connectivity index (χ4v) is 4.37. The molecule has 0 aliphatic heterocycles. The molecule has 2 unspecified atom stereocenters. The number of hydrogen-bond acceptors (Lipinski definition) is 1. The summed E-state index contributed by atoms with van der Waals surface area (Å²) in [5, 5.41) is 3.66. The molecule has 0 spiro atoms. The lowest BCUT2D eigenvalue weighted by atomic mass is 9.58. The smallest absolute Gasteiger partial charge is 0.0696 e. The normalized spacial score (nSPS) is 26.9. The fourth-order valence-electron chi connectivity index (χ4n) is 4.37. The van der Waals surface area contributed by atoms with Crippen molar-refractivity contribution < 1.29 is 0 Å². The second-order valence-corrected chi connectivity index (χ2v) is 5.87. The number of fused-ring (bicyclic) bond motifs is 1. The summed E-state index contributed by atoms with van der Waals surface area (Å²) in [5.74, 6) is 0.598. The second kappa shape index (κ2) is 3.71. The molecule has 0 heterocycles. The summed E-state index contributed by atoms with van der Waals surface area (Å²) in [7, 11) is 2.11. The van der Waals surface area contributed by atoms with Crippen LogP contribution in [0.2, 0.25) is 0 Å². The molecule has 0 radical (unpaired) electrons. The van der Waals surface area contributed by atoms with Crippen molar-refractivity contribution >= 4 is 0 Å². The molecule has 2 atom stereocenters. The predicted octanol–water partition coefficient (Wildman–Crippen LogP) is 3.70. The van der Waals surface area contributed by atoms with E-state index in [0.717, 1.165) is 0 Å². The lowest BCUT2D eigenvalue weighted by Gasteiger charge is -2.50. The molecular formula is C18H19N. The van der Waals surface area contributed by atoms with E-state index in [1.165, 1.54) is 35.1 Å². The molecule has 3 aliphatic rings. The van der Waals surface area contributed by atoms with E-state index in [9.17, 15) is 0 Å². The predicted molar refractivity (Wildman–Crippen MR) is 78.5 cm³/mol. The van der Waals surface area contributed by atoms with Crippen LogP contribution in [0.4, 0.5) is 0 Å². The number of aryl methyl sites for hydroxylation is 1. The van der Waals surface area contributed by atoms with Crippen LogP contribution in [0.25, 0.3) is 0 Å². The van der Waals surface area contributed by atoms with Gasteiger partial charge in [0.25, 0.3) is 0 Å². The minimum Gasteiger partial charge on any atom is -0.307 e. The van der Waals surface area contributed by atoms with E-state index < -0.39 is 0 Å². The summed E-state index contributed by atoms with van der Waals surface area (Å²) in [6.07, 6.45) is 2.47. The van der Waals surface area contributed by atoms with Gasteiger partial charge in [-0.2, -0.15) is 0 Å². The van der Waals surface area contributed by atoms with E-state index in [0.29, 0.717) is 5.92 Å². The highest BCUT2D eigenvalue weighted by Crippen LogP contribution is 2.55. The monoisotopic (exact) mass is 249 g/mol. The van der Waals surface area contributed by atoms with Crippen molar-refractivity contribution in [1.82, 2.24) is 5.32 Å². The van der Waals surface area contributed by atoms with Crippen LogP contribution in [0.5, 0.6) is 0 Å². The van der Waals surface area contributed by atoms with E-state index in [1.54, 1.807) is 5.56 Å². The molecule has 1 nitrogen and oxygen atoms in total. The van der Waals surface area contributed by atoms with Gasteiger partial charge >= 0.3 is 0 Å². The zero-order valence-corrected chi connectivity index (χ0v) is 11.5. The molecule has 1 N–H and O–H groups in total. The molecule has 2 aromatic carbocycles. The highest BCUT2D eigenvalue weighted by molar-refractivity contribution is 5.60. The molecule has 2 bridgehead atoms. The molecular weight excluding hydrogens is 230 g/mol. The third-order valence-corrected chi connectivity index (χ3v) is 5.14. The van der Waals surface area contributed by atoms with Crippen molar-refractivity contribution in [1.29, 1.82) is 0 Å². The van der Waals surface area contributed by atoms with Gasteiger partial charge in [-0.05, 0) is 54.6 Å². The van der Waals surface area contributed by atoms with Crippen molar-refractivity contribution in [3.8, 4) is 0 Å². The molecule has 0 fully saturated rings. The van der Waals surface area contributed by atoms with E-state index in [4.69, 9.17) is 0 Å². The average molecular weight is 249 g/mol. The number of hydrogen-bond donors (Lipinski definition) is 1. The number of nitrogens with one attached hydrogen (secondary N) is 1. The van der Waals surface area contributed by atoms with Gasteiger partial charge in [0.1, 0.15) is 0 Å². The van der Waals surface area contributed by atoms with Gasteiger partial charge < -0.3 is 5.32 Å². The Bertz CT molecular complexity index is 658. The fraction of sp³-hybridized carbons (Fsp3) is 0.333. The van der Waals surface area contributed by atoms with Crippen LogP contribution in [0.1, 0.15) is 46.6 Å². The van der Waals surface area contributed by atoms with E-state index in [1.807, 2.05) is 0 Å². The Balaban J connectivity index is 2.12. The first kappa shape index (κ1) is 11.2. The standard InChI is InChI=1S/C18H19N/c1-12-6-5-8-15-13-10-11-18(19-2,17(12)15)16-9-4-3-7-14(13)16/h3-9,13,19H,10-11H2,1-2H3. The topological polar surface area (TPSA) is 12.0 Å². The second-order valence-electron chi connectivity index (χ2n) is 5.87. The molecule has 0 aromatic heterocycles. The molecule has 96 valence electrons. The lowest BCUT2D eigenvalue weighted by Crippen LogP contribution is -2.49. The van der Waals surface area contributed by atoms with E-state index >= 15 is 0 Å². The van der Waals surface area contributed by atoms with Gasteiger partial charge in [0.15, 0.2) is 0 Å². The molecule has 3 aliphatic carbocycles. The average Bonchev–Trinajstić information content (AvgIpc) is 2.48. The Hall–Kier alpha value is -1.60. The van der Waals surface area contributed by atoms with Crippen LogP contribution in [-0.2, 0) is 5.54 Å². The summed E-state index contributed by atoms with van der Waals surface area (Å²) in [5.41, 5.74) is 7.56. The minimum absolute atomic E-state index is 0.0337. The number of benzene rings is 2. The zero-order valence-electron chi connectivity index (χ0n) is 11.5. The van der Waals surface area contributed by atoms with Gasteiger partial charge in [0.2, 0.25) is 0 Å². The van der Waals surface area contributed by atoms with Crippen LogP contribution in [0.3, 0.4) is 0 Å². The van der Waals surface area contributed by atoms with Crippen LogP contribution in [0, 0.1) is 6.92 Å². The summed E-state index contributed by atoms with van der Waals surface area (Å²) in [6.45, 7) is 2.25. The van der Waals surface area contributed by atoms with Gasteiger partial charge in [0, 0.05) is 5.92 Å². The Morgan fingerprint density at radius 3 is 2.68 bits per heavy atom. The molecule has 19 heavy (non-hydrogen) atoms. The van der Waals surface area contributed by atoms with Crippen molar-refractivity contribution in [2.24, 2.45) is 0 Å². The molecule has 2 aromatic rings. The van der Waals surface area contributed by atoms with Crippen molar-refractivity contribution in [2.45, 2.75) is 31.2 Å². The highest BCUT2D eigenvalue weighted by atomic mass is 15.0. The first-order chi connectivity index (χ1) is 9.28. The Morgan fingerprint density at radius 1 is 1.05 bits per heavy atom. The van der Waals surface area contributed by atoms with Crippen molar-refractivity contribution in [3.05, 3.63) is 70.3 Å². The van der Waals surface area contributed by atoms with E-state index in [-0.39, 0.29) is 5.54 Å². The molecule has 5 rings (SSSR count). The lowest BCUT2D eigenvalue weighted by molar-refractivity contribution is 0.324. The van der Waals surface area contributed by atoms with Crippen molar-refractivity contribution in [3.63, 3.8) is 0 Å². The zero-order chi connectivity index (χ0) is 13.0. The third kappa shape index (κ3) is 1.24.